The summed E-state index contributed by atoms with van der Waals surface area (Å²) in [7, 11) is -2.99. The maximum absolute atomic E-state index is 15.6. The number of amides is 3. The zero-order valence-electron chi connectivity index (χ0n) is 37.4. The third kappa shape index (κ3) is 10.9. The van der Waals surface area contributed by atoms with Crippen LogP contribution in [0.4, 0.5) is 48.7 Å². The summed E-state index contributed by atoms with van der Waals surface area (Å²) < 4.78 is 195. The number of hydrogen-bond acceptors (Lipinski definition) is 10. The molecule has 3 heterocycles. The van der Waals surface area contributed by atoms with E-state index in [1.807, 2.05) is 0 Å². The lowest BCUT2D eigenvalue weighted by Gasteiger charge is -2.25. The van der Waals surface area contributed by atoms with Crippen molar-refractivity contribution in [2.24, 2.45) is 5.92 Å². The molecule has 29 heteroatoms. The Hall–Kier alpha value is -6.31. The first-order valence-electron chi connectivity index (χ1n) is 20.8. The van der Waals surface area contributed by atoms with E-state index >= 15 is 8.78 Å². The second-order valence-electron chi connectivity index (χ2n) is 17.4. The average Bonchev–Trinajstić information content (AvgIpc) is 3.76. The van der Waals surface area contributed by atoms with Gasteiger partial charge in [-0.05, 0) is 74.4 Å². The highest BCUT2D eigenvalue weighted by Gasteiger charge is 2.68. The van der Waals surface area contributed by atoms with Crippen LogP contribution in [0.5, 0.6) is 0 Å². The highest BCUT2D eigenvalue weighted by molar-refractivity contribution is 7.92. The first-order chi connectivity index (χ1) is 33.2. The number of hydrogen-bond donors (Lipinski definition) is 2. The summed E-state index contributed by atoms with van der Waals surface area (Å²) >= 11 is 3.09. The number of nitrogens with zero attached hydrogens (tertiary/aromatic N) is 7. The van der Waals surface area contributed by atoms with Crippen molar-refractivity contribution in [1.82, 2.24) is 39.1 Å². The van der Waals surface area contributed by atoms with Gasteiger partial charge in [0, 0.05) is 47.4 Å². The molecule has 5 aromatic rings. The van der Waals surface area contributed by atoms with E-state index in [0.29, 0.717) is 15.6 Å². The molecule has 1 fully saturated rings. The first-order valence-corrected chi connectivity index (χ1v) is 24.1. The van der Waals surface area contributed by atoms with Gasteiger partial charge in [-0.25, -0.2) is 27.0 Å². The molecule has 386 valence electrons. The van der Waals surface area contributed by atoms with Gasteiger partial charge in [-0.3, -0.25) is 27.5 Å². The molecule has 4 atom stereocenters. The van der Waals surface area contributed by atoms with E-state index in [1.165, 1.54) is 13.8 Å². The number of nitrogens with one attached hydrogen (secondary N) is 1. The summed E-state index contributed by atoms with van der Waals surface area (Å²) in [4.78, 5) is 43.5. The zero-order valence-corrected chi connectivity index (χ0v) is 39.8. The van der Waals surface area contributed by atoms with Crippen LogP contribution in [0, 0.1) is 29.4 Å². The fraction of sp³-hybridized carbons (Fsp3) is 0.395. The quantitative estimate of drug-likeness (QED) is 0.0655. The number of benzene rings is 2. The van der Waals surface area contributed by atoms with Crippen LogP contribution in [0.15, 0.2) is 42.5 Å². The summed E-state index contributed by atoms with van der Waals surface area (Å²) in [5.74, 6) is -6.48. The summed E-state index contributed by atoms with van der Waals surface area (Å²) in [5.41, 5.74) is -6.32. The van der Waals surface area contributed by atoms with Crippen LogP contribution in [0.1, 0.15) is 71.8 Å². The minimum atomic E-state index is -5.23. The molecule has 3 aromatic heterocycles. The average molecular weight is 1080 g/mol. The topological polar surface area (TPSA) is 213 Å². The molecule has 0 aliphatic heterocycles. The predicted octanol–water partition coefficient (Wildman–Crippen LogP) is 7.02. The Kier molecular flexibility index (Phi) is 14.1. The molecule has 2 aromatic carbocycles. The SMILES string of the molecule is CN(CC(=O)N(Cc1nn(CC(F)(F)F)c2c(-c3ccc(C#CC(C)(C)S(C)(=O)=O)nc3C(Cc3cc(F)cc(F)c3)NC(=O)Cn3nc(C(F)(F)F)c4c3C(F)(F)[C@@H]3C[C@H]43)ccc(Cl)c12)S(=O)[O-])C(=O)O. The number of carboxylic acid groups (broad SMARTS) is 1. The predicted molar refractivity (Wildman–Crippen MR) is 233 cm³/mol. The van der Waals surface area contributed by atoms with E-state index < -0.39 is 163 Å². The molecule has 72 heavy (non-hydrogen) atoms. The number of pyridine rings is 1. The maximum Gasteiger partial charge on any atom is 0.435 e. The van der Waals surface area contributed by atoms with Crippen LogP contribution in [-0.4, -0.2) is 105 Å². The second kappa shape index (κ2) is 18.9. The van der Waals surface area contributed by atoms with Gasteiger partial charge in [0.05, 0.1) is 45.8 Å². The van der Waals surface area contributed by atoms with E-state index in [0.717, 1.165) is 49.7 Å². The second-order valence-corrected chi connectivity index (χ2v) is 21.3. The summed E-state index contributed by atoms with van der Waals surface area (Å²) in [6.07, 6.45) is -12.1. The van der Waals surface area contributed by atoms with Crippen LogP contribution in [-0.2, 0) is 68.8 Å². The molecule has 0 bridgehead atoms. The van der Waals surface area contributed by atoms with E-state index in [-0.39, 0.29) is 42.8 Å². The number of aromatic nitrogens is 5. The van der Waals surface area contributed by atoms with E-state index in [2.05, 4.69) is 32.3 Å². The molecule has 16 nitrogen and oxygen atoms in total. The molecule has 2 unspecified atom stereocenters. The normalized spacial score (nSPS) is 17.1. The first kappa shape index (κ1) is 53.5. The van der Waals surface area contributed by atoms with Crippen LogP contribution >= 0.6 is 11.6 Å². The van der Waals surface area contributed by atoms with Gasteiger partial charge in [0.15, 0.2) is 15.5 Å². The number of rotatable bonds is 14. The lowest BCUT2D eigenvalue weighted by molar-refractivity contribution is -0.143. The largest absolute Gasteiger partial charge is 0.755 e. The third-order valence-corrected chi connectivity index (χ3v) is 14.8. The molecular formula is C43H36ClF10N8O8S2-. The number of carbonyl (C=O) groups is 3. The fourth-order valence-electron chi connectivity index (χ4n) is 8.17. The van der Waals surface area contributed by atoms with Gasteiger partial charge < -0.3 is 19.9 Å². The minimum absolute atomic E-state index is 0.0653. The fourth-order valence-corrected chi connectivity index (χ4v) is 9.12. The van der Waals surface area contributed by atoms with Crippen LogP contribution in [0.2, 0.25) is 5.02 Å². The van der Waals surface area contributed by atoms with Gasteiger partial charge in [0.2, 0.25) is 5.91 Å². The van der Waals surface area contributed by atoms with Gasteiger partial charge in [0.25, 0.3) is 11.8 Å². The van der Waals surface area contributed by atoms with Crippen molar-refractivity contribution < 1.29 is 80.6 Å². The molecule has 0 spiro atoms. The van der Waals surface area contributed by atoms with Crippen molar-refractivity contribution in [1.29, 1.82) is 0 Å². The molecule has 2 aliphatic carbocycles. The molecule has 1 saturated carbocycles. The number of fused-ring (bicyclic) bond motifs is 4. The Bertz CT molecular complexity index is 3240. The standard InChI is InChI=1S/C43H37ClF10N8O8S2/c1-40(2,72(4,69)70)10-9-23-5-6-24(25-7-8-28(44)34-30(57-61(36(25)34)19-41(47,48)49)16-62(71(67)68)32(64)18-59(3)39(65)66)35(55-23)29(13-20-11-21(45)14-22(46)12-20)56-31(63)17-60-38-33(37(58-60)43(52,53)54)26-15-27(26)42(38,50)51/h5-8,11-12,14,26-27,29H,13,15-19H2,1-4H3,(H,56,63)(H,65,66)(H,67,68)/p-1/t26-,27+,29?/m0/s1. The third-order valence-electron chi connectivity index (χ3n) is 11.8. The van der Waals surface area contributed by atoms with Crippen molar-refractivity contribution >= 4 is 61.5 Å². The highest BCUT2D eigenvalue weighted by atomic mass is 35.5. The minimum Gasteiger partial charge on any atom is -0.755 e. The monoisotopic (exact) mass is 1080 g/mol. The van der Waals surface area contributed by atoms with Crippen LogP contribution in [0.3, 0.4) is 0 Å². The van der Waals surface area contributed by atoms with Crippen LogP contribution < -0.4 is 5.32 Å². The molecule has 2 aliphatic rings. The Morgan fingerprint density at radius 1 is 1.03 bits per heavy atom. The maximum atomic E-state index is 15.6. The Balaban J connectivity index is 1.45. The lowest BCUT2D eigenvalue weighted by atomic mass is 9.93. The number of carbonyl (C=O) groups excluding carboxylic acids is 2. The highest BCUT2D eigenvalue weighted by Crippen LogP contribution is 2.68. The van der Waals surface area contributed by atoms with Gasteiger partial charge >= 0.3 is 18.4 Å². The smallest absolute Gasteiger partial charge is 0.435 e. The molecule has 0 saturated heterocycles. The van der Waals surface area contributed by atoms with Gasteiger partial charge in [-0.2, -0.15) is 45.3 Å². The van der Waals surface area contributed by atoms with Crippen molar-refractivity contribution in [3.63, 3.8) is 0 Å². The molecule has 3 amide bonds. The Labute approximate surface area is 408 Å². The van der Waals surface area contributed by atoms with Gasteiger partial charge in [-0.15, -0.1) is 0 Å². The van der Waals surface area contributed by atoms with E-state index in [4.69, 9.17) is 11.6 Å². The van der Waals surface area contributed by atoms with Crippen molar-refractivity contribution in [3.8, 4) is 23.0 Å². The Morgan fingerprint density at radius 2 is 1.67 bits per heavy atom. The molecular weight excluding hydrogens is 1050 g/mol. The van der Waals surface area contributed by atoms with E-state index in [9.17, 15) is 71.8 Å². The summed E-state index contributed by atoms with van der Waals surface area (Å²) in [5, 5.41) is 18.2. The van der Waals surface area contributed by atoms with Crippen molar-refractivity contribution in [2.45, 2.75) is 81.3 Å². The van der Waals surface area contributed by atoms with Crippen molar-refractivity contribution in [3.05, 3.63) is 98.7 Å². The van der Waals surface area contributed by atoms with Crippen molar-refractivity contribution in [2.75, 3.05) is 19.8 Å². The number of likely N-dealkylation sites (N-methyl/N-ethyl adjacent to an activating group) is 1. The molecule has 0 radical (unpaired) electrons. The molecule has 2 N–H and O–H groups in total. The van der Waals surface area contributed by atoms with Crippen LogP contribution in [0.25, 0.3) is 22.0 Å². The summed E-state index contributed by atoms with van der Waals surface area (Å²) in [6, 6.07) is 4.82. The Morgan fingerprint density at radius 3 is 2.25 bits per heavy atom. The van der Waals surface area contributed by atoms with E-state index in [1.54, 1.807) is 0 Å². The lowest BCUT2D eigenvalue weighted by Crippen LogP contribution is -2.41. The summed E-state index contributed by atoms with van der Waals surface area (Å²) in [6.45, 7) is -2.94. The number of halogens is 11. The number of sulfone groups is 1. The number of alkyl halides is 8. The molecule has 7 rings (SSSR count). The van der Waals surface area contributed by atoms with Gasteiger partial charge in [0.1, 0.15) is 47.4 Å². The zero-order chi connectivity index (χ0) is 53.4. The van der Waals surface area contributed by atoms with Gasteiger partial charge in [-0.1, -0.05) is 23.6 Å².